The number of halogens is 2. The zero-order chi connectivity index (χ0) is 22.4. The number of fused-ring (bicyclic) bond motifs is 1. The lowest BCUT2D eigenvalue weighted by Gasteiger charge is -2.11. The predicted molar refractivity (Wildman–Crippen MR) is 124 cm³/mol. The van der Waals surface area contributed by atoms with Gasteiger partial charge in [0.2, 0.25) is 5.91 Å². The molecule has 0 bridgehead atoms. The highest BCUT2D eigenvalue weighted by atomic mass is 79.9. The highest BCUT2D eigenvalue weighted by molar-refractivity contribution is 9.10. The summed E-state index contributed by atoms with van der Waals surface area (Å²) in [5.74, 6) is -0.183. The zero-order valence-electron chi connectivity index (χ0n) is 17.2. The van der Waals surface area contributed by atoms with Crippen LogP contribution in [0.15, 0.2) is 47.1 Å². The average molecular weight is 508 g/mol. The molecule has 1 aromatic heterocycles. The summed E-state index contributed by atoms with van der Waals surface area (Å²) < 4.78 is 13.6. The highest BCUT2D eigenvalue weighted by Crippen LogP contribution is 2.38. The van der Waals surface area contributed by atoms with Gasteiger partial charge in [-0.05, 0) is 47.0 Å². The first-order valence-electron chi connectivity index (χ1n) is 10.0. The van der Waals surface area contributed by atoms with Gasteiger partial charge in [0.1, 0.15) is 5.75 Å². The Kier molecular flexibility index (Phi) is 7.98. The lowest BCUT2D eigenvalue weighted by molar-refractivity contribution is -0.143. The van der Waals surface area contributed by atoms with Gasteiger partial charge in [-0.3, -0.25) is 9.59 Å². The first-order valence-corrected chi connectivity index (χ1v) is 11.2. The molecule has 3 rings (SSSR count). The summed E-state index contributed by atoms with van der Waals surface area (Å²) >= 11 is 10.1. The molecule has 2 aromatic carbocycles. The number of nitrogens with zero attached hydrogens (tertiary/aromatic N) is 1. The Hall–Kier alpha value is -2.51. The van der Waals surface area contributed by atoms with Gasteiger partial charge in [0.15, 0.2) is 0 Å². The molecule has 0 aliphatic rings. The van der Waals surface area contributed by atoms with E-state index in [1.54, 1.807) is 6.92 Å². The molecule has 0 fully saturated rings. The van der Waals surface area contributed by atoms with Gasteiger partial charge in [-0.25, -0.2) is 0 Å². The lowest BCUT2D eigenvalue weighted by Crippen LogP contribution is -2.14. The van der Waals surface area contributed by atoms with Crippen molar-refractivity contribution < 1.29 is 19.1 Å². The van der Waals surface area contributed by atoms with Crippen LogP contribution in [-0.2, 0) is 27.3 Å². The van der Waals surface area contributed by atoms with Crippen molar-refractivity contribution in [3.63, 3.8) is 0 Å². The van der Waals surface area contributed by atoms with E-state index >= 15 is 0 Å². The maximum Gasteiger partial charge on any atom is 0.305 e. The van der Waals surface area contributed by atoms with Crippen LogP contribution in [0.25, 0.3) is 10.9 Å². The minimum atomic E-state index is -0.425. The number of carbonyl (C=O) groups is 2. The van der Waals surface area contributed by atoms with Crippen molar-refractivity contribution in [2.24, 2.45) is 5.73 Å². The second-order valence-electron chi connectivity index (χ2n) is 7.04. The van der Waals surface area contributed by atoms with E-state index in [1.807, 2.05) is 42.5 Å². The molecule has 0 saturated carbocycles. The Morgan fingerprint density at radius 3 is 2.61 bits per heavy atom. The Morgan fingerprint density at radius 2 is 1.94 bits per heavy atom. The van der Waals surface area contributed by atoms with Crippen molar-refractivity contribution in [1.82, 2.24) is 4.57 Å². The second-order valence-corrected chi connectivity index (χ2v) is 8.20. The smallest absolute Gasteiger partial charge is 0.305 e. The average Bonchev–Trinajstić information content (AvgIpc) is 2.97. The molecule has 3 aromatic rings. The molecule has 164 valence electrons. The number of aromatic nitrogens is 1. The molecule has 0 unspecified atom stereocenters. The van der Waals surface area contributed by atoms with E-state index in [9.17, 15) is 9.59 Å². The number of hydrogen-bond acceptors (Lipinski definition) is 4. The van der Waals surface area contributed by atoms with Crippen LogP contribution in [0.2, 0.25) is 5.02 Å². The molecule has 6 nitrogen and oxygen atoms in total. The first kappa shape index (κ1) is 23.2. The molecule has 1 amide bonds. The Morgan fingerprint density at radius 1 is 1.19 bits per heavy atom. The number of esters is 1. The molecular formula is C23H24BrClN2O4. The van der Waals surface area contributed by atoms with Crippen molar-refractivity contribution in [2.45, 2.75) is 32.7 Å². The van der Waals surface area contributed by atoms with Crippen molar-refractivity contribution in [3.8, 4) is 5.75 Å². The fourth-order valence-electron chi connectivity index (χ4n) is 3.39. The lowest BCUT2D eigenvalue weighted by atomic mass is 10.1. The fourth-order valence-corrected chi connectivity index (χ4v) is 4.28. The number of hydrogen-bond donors (Lipinski definition) is 1. The van der Waals surface area contributed by atoms with E-state index in [0.717, 1.165) is 26.6 Å². The number of rotatable bonds is 10. The summed E-state index contributed by atoms with van der Waals surface area (Å²) in [4.78, 5) is 23.2. The molecule has 0 aliphatic carbocycles. The summed E-state index contributed by atoms with van der Waals surface area (Å²) in [5.41, 5.74) is 8.26. The standard InChI is InChI=1S/C23H24BrClN2O4/c1-2-30-22(29)9-6-10-31-20-11-16-17(12-21(26)28)23(24)27(19(16)13-18(20)25)14-15-7-4-3-5-8-15/h3-5,7-8,11,13H,2,6,9-10,12,14H2,1H3,(H2,26,28). The molecule has 8 heteroatoms. The highest BCUT2D eigenvalue weighted by Gasteiger charge is 2.19. The van der Waals surface area contributed by atoms with E-state index in [-0.39, 0.29) is 18.8 Å². The van der Waals surface area contributed by atoms with Crippen LogP contribution in [0.1, 0.15) is 30.9 Å². The number of nitrogens with two attached hydrogens (primary N) is 1. The molecule has 31 heavy (non-hydrogen) atoms. The van der Waals surface area contributed by atoms with Gasteiger partial charge in [0.05, 0.1) is 34.8 Å². The topological polar surface area (TPSA) is 83.6 Å². The number of benzene rings is 2. The molecule has 0 spiro atoms. The van der Waals surface area contributed by atoms with Crippen LogP contribution < -0.4 is 10.5 Å². The van der Waals surface area contributed by atoms with Crippen molar-refractivity contribution in [1.29, 1.82) is 0 Å². The van der Waals surface area contributed by atoms with Crippen LogP contribution in [0.5, 0.6) is 5.75 Å². The molecule has 0 aliphatic heterocycles. The maximum absolute atomic E-state index is 11.7. The summed E-state index contributed by atoms with van der Waals surface area (Å²) in [6, 6.07) is 13.7. The van der Waals surface area contributed by atoms with Crippen molar-refractivity contribution in [2.75, 3.05) is 13.2 Å². The quantitative estimate of drug-likeness (QED) is 0.314. The van der Waals surface area contributed by atoms with Gasteiger partial charge >= 0.3 is 5.97 Å². The van der Waals surface area contributed by atoms with Crippen LogP contribution in [-0.4, -0.2) is 29.7 Å². The van der Waals surface area contributed by atoms with Gasteiger partial charge in [0.25, 0.3) is 0 Å². The zero-order valence-corrected chi connectivity index (χ0v) is 19.5. The third kappa shape index (κ3) is 5.80. The summed E-state index contributed by atoms with van der Waals surface area (Å²) in [5, 5.41) is 1.29. The number of carbonyl (C=O) groups excluding carboxylic acids is 2. The predicted octanol–water partition coefficient (Wildman–Crippen LogP) is 4.86. The van der Waals surface area contributed by atoms with E-state index in [1.165, 1.54) is 0 Å². The fraction of sp³-hybridized carbons (Fsp3) is 0.304. The van der Waals surface area contributed by atoms with Gasteiger partial charge in [0, 0.05) is 23.9 Å². The normalized spacial score (nSPS) is 10.9. The van der Waals surface area contributed by atoms with E-state index in [4.69, 9.17) is 26.8 Å². The third-order valence-corrected chi connectivity index (χ3v) is 5.98. The molecular weight excluding hydrogens is 484 g/mol. The second kappa shape index (κ2) is 10.7. The Labute approximate surface area is 194 Å². The van der Waals surface area contributed by atoms with Gasteiger partial charge < -0.3 is 19.8 Å². The van der Waals surface area contributed by atoms with Crippen molar-refractivity contribution in [3.05, 3.63) is 63.2 Å². The Bertz CT molecular complexity index is 1080. The van der Waals surface area contributed by atoms with Gasteiger partial charge in [-0.2, -0.15) is 0 Å². The number of primary amides is 1. The SMILES string of the molecule is CCOC(=O)CCCOc1cc2c(CC(N)=O)c(Br)n(Cc3ccccc3)c2cc1Cl. The minimum absolute atomic E-state index is 0.0861. The third-order valence-electron chi connectivity index (χ3n) is 4.77. The van der Waals surface area contributed by atoms with E-state index in [2.05, 4.69) is 20.5 Å². The molecule has 0 radical (unpaired) electrons. The van der Waals surface area contributed by atoms with Crippen molar-refractivity contribution >= 4 is 50.3 Å². The minimum Gasteiger partial charge on any atom is -0.492 e. The maximum atomic E-state index is 11.7. The van der Waals surface area contributed by atoms with Crippen LogP contribution >= 0.6 is 27.5 Å². The largest absolute Gasteiger partial charge is 0.492 e. The summed E-state index contributed by atoms with van der Waals surface area (Å²) in [6.45, 7) is 3.06. The molecule has 2 N–H and O–H groups in total. The first-order chi connectivity index (χ1) is 14.9. The number of ether oxygens (including phenoxy) is 2. The summed E-state index contributed by atoms with van der Waals surface area (Å²) in [6.07, 6.45) is 0.877. The summed E-state index contributed by atoms with van der Waals surface area (Å²) in [7, 11) is 0. The molecule has 0 atom stereocenters. The Balaban J connectivity index is 1.90. The van der Waals surface area contributed by atoms with Gasteiger partial charge in [-0.15, -0.1) is 0 Å². The van der Waals surface area contributed by atoms with E-state index < -0.39 is 5.91 Å². The van der Waals surface area contributed by atoms with Gasteiger partial charge in [-0.1, -0.05) is 41.9 Å². The van der Waals surface area contributed by atoms with E-state index in [0.29, 0.717) is 37.0 Å². The van der Waals surface area contributed by atoms with Crippen LogP contribution in [0.4, 0.5) is 0 Å². The van der Waals surface area contributed by atoms with Crippen LogP contribution in [0.3, 0.4) is 0 Å². The van der Waals surface area contributed by atoms with Crippen LogP contribution in [0, 0.1) is 0 Å². The number of amides is 1. The monoisotopic (exact) mass is 506 g/mol. The molecule has 1 heterocycles. The molecule has 0 saturated heterocycles.